The van der Waals surface area contributed by atoms with Crippen molar-refractivity contribution in [3.63, 3.8) is 0 Å². The molecule has 1 aliphatic heterocycles. The Labute approximate surface area is 181 Å². The smallest absolute Gasteiger partial charge is 0.399 e. The normalized spacial score (nSPS) is 19.1. The molecule has 2 aromatic rings. The van der Waals surface area contributed by atoms with Gasteiger partial charge in [0, 0.05) is 15.5 Å². The van der Waals surface area contributed by atoms with E-state index in [0.29, 0.717) is 11.1 Å². The third-order valence-electron chi connectivity index (χ3n) is 5.63. The lowest BCUT2D eigenvalue weighted by Gasteiger charge is -2.32. The monoisotopic (exact) mass is 441 g/mol. The van der Waals surface area contributed by atoms with Crippen LogP contribution in [0.25, 0.3) is 0 Å². The molecule has 29 heavy (non-hydrogen) atoms. The standard InChI is InChI=1S/C21H24BCl2F2NO2/c1-20(2)21(3,4)29-22(28-20)18-16(10-14(24)11-17(18)26)19(27(5)6)12-7-13(23)9-15(25)8-12/h7-11,19H,1-6H3/t19-/m0/s1. The molecule has 0 saturated carbocycles. The van der Waals surface area contributed by atoms with E-state index in [1.54, 1.807) is 12.1 Å². The highest BCUT2D eigenvalue weighted by Crippen LogP contribution is 2.38. The van der Waals surface area contributed by atoms with Crippen LogP contribution in [-0.2, 0) is 9.31 Å². The third kappa shape index (κ3) is 4.33. The first-order chi connectivity index (χ1) is 13.3. The van der Waals surface area contributed by atoms with Gasteiger partial charge in [0.15, 0.2) is 0 Å². The summed E-state index contributed by atoms with van der Waals surface area (Å²) in [6.45, 7) is 7.60. The fraction of sp³-hybridized carbons (Fsp3) is 0.429. The molecule has 0 bridgehead atoms. The van der Waals surface area contributed by atoms with Crippen LogP contribution >= 0.6 is 23.2 Å². The summed E-state index contributed by atoms with van der Waals surface area (Å²) in [4.78, 5) is 1.84. The summed E-state index contributed by atoms with van der Waals surface area (Å²) in [5.74, 6) is -1.01. The number of halogens is 4. The van der Waals surface area contributed by atoms with E-state index in [1.807, 2.05) is 46.7 Å². The number of hydrogen-bond donors (Lipinski definition) is 0. The van der Waals surface area contributed by atoms with Gasteiger partial charge in [-0.3, -0.25) is 4.90 Å². The molecule has 1 aliphatic rings. The molecule has 8 heteroatoms. The van der Waals surface area contributed by atoms with Gasteiger partial charge in [0.2, 0.25) is 0 Å². The SMILES string of the molecule is CN(C)[C@@H](c1cc(F)cc(Cl)c1)c1cc(Cl)cc(F)c1B1OC(C)(C)C(C)(C)O1. The maximum Gasteiger partial charge on any atom is 0.498 e. The van der Waals surface area contributed by atoms with Crippen LogP contribution in [0.2, 0.25) is 10.0 Å². The minimum Gasteiger partial charge on any atom is -0.399 e. The van der Waals surface area contributed by atoms with E-state index < -0.39 is 36.0 Å². The van der Waals surface area contributed by atoms with Crippen molar-refractivity contribution in [1.82, 2.24) is 4.90 Å². The highest BCUT2D eigenvalue weighted by molar-refractivity contribution is 6.63. The first-order valence-corrected chi connectivity index (χ1v) is 10.0. The molecule has 1 atom stereocenters. The van der Waals surface area contributed by atoms with Crippen molar-refractivity contribution in [3.8, 4) is 0 Å². The average Bonchev–Trinajstić information content (AvgIpc) is 2.72. The quantitative estimate of drug-likeness (QED) is 0.607. The number of rotatable bonds is 4. The Balaban J connectivity index is 2.20. The van der Waals surface area contributed by atoms with E-state index >= 15 is 4.39 Å². The van der Waals surface area contributed by atoms with Gasteiger partial charge in [-0.2, -0.15) is 0 Å². The van der Waals surface area contributed by atoms with Crippen LogP contribution in [0.5, 0.6) is 0 Å². The summed E-state index contributed by atoms with van der Waals surface area (Å²) >= 11 is 12.3. The van der Waals surface area contributed by atoms with Gasteiger partial charge in [0.05, 0.1) is 17.2 Å². The van der Waals surface area contributed by atoms with Gasteiger partial charge in [-0.1, -0.05) is 23.2 Å². The molecule has 0 unspecified atom stereocenters. The predicted octanol–water partition coefficient (Wildman–Crippen LogP) is 5.22. The molecule has 0 N–H and O–H groups in total. The van der Waals surface area contributed by atoms with Gasteiger partial charge >= 0.3 is 7.12 Å². The van der Waals surface area contributed by atoms with Crippen molar-refractivity contribution in [2.45, 2.75) is 44.9 Å². The van der Waals surface area contributed by atoms with Crippen LogP contribution in [0.3, 0.4) is 0 Å². The highest BCUT2D eigenvalue weighted by atomic mass is 35.5. The molecule has 0 spiro atoms. The molecule has 1 heterocycles. The molecular weight excluding hydrogens is 418 g/mol. The molecule has 1 fully saturated rings. The lowest BCUT2D eigenvalue weighted by molar-refractivity contribution is 0.00578. The third-order valence-corrected chi connectivity index (χ3v) is 6.06. The minimum absolute atomic E-state index is 0.229. The zero-order valence-electron chi connectivity index (χ0n) is 17.3. The Hall–Kier alpha value is -1.18. The van der Waals surface area contributed by atoms with Crippen molar-refractivity contribution in [3.05, 3.63) is 63.1 Å². The van der Waals surface area contributed by atoms with Crippen molar-refractivity contribution in [2.24, 2.45) is 0 Å². The summed E-state index contributed by atoms with van der Waals surface area (Å²) in [6, 6.07) is 6.63. The van der Waals surface area contributed by atoms with Crippen LogP contribution in [0.15, 0.2) is 30.3 Å². The summed E-state index contributed by atoms with van der Waals surface area (Å²) in [7, 11) is 2.70. The molecule has 3 rings (SSSR count). The maximum atomic E-state index is 15.2. The Morgan fingerprint density at radius 2 is 1.45 bits per heavy atom. The molecule has 156 valence electrons. The molecule has 0 amide bonds. The fourth-order valence-electron chi connectivity index (χ4n) is 3.53. The van der Waals surface area contributed by atoms with Gasteiger partial charge in [0.25, 0.3) is 0 Å². The number of benzene rings is 2. The summed E-state index contributed by atoms with van der Waals surface area (Å²) in [6.07, 6.45) is 0. The van der Waals surface area contributed by atoms with E-state index in [1.165, 1.54) is 18.2 Å². The molecule has 2 aromatic carbocycles. The number of hydrogen-bond acceptors (Lipinski definition) is 3. The molecule has 1 saturated heterocycles. The Morgan fingerprint density at radius 3 is 1.97 bits per heavy atom. The van der Waals surface area contributed by atoms with Gasteiger partial charge in [-0.15, -0.1) is 0 Å². The lowest BCUT2D eigenvalue weighted by atomic mass is 9.73. The van der Waals surface area contributed by atoms with Gasteiger partial charge in [0.1, 0.15) is 11.6 Å². The second kappa shape index (κ2) is 7.82. The average molecular weight is 442 g/mol. The van der Waals surface area contributed by atoms with Crippen molar-refractivity contribution in [2.75, 3.05) is 14.1 Å². The van der Waals surface area contributed by atoms with Crippen LogP contribution in [0.1, 0.15) is 44.9 Å². The maximum absolute atomic E-state index is 15.2. The van der Waals surface area contributed by atoms with E-state index in [2.05, 4.69) is 0 Å². The van der Waals surface area contributed by atoms with Crippen LogP contribution in [0.4, 0.5) is 8.78 Å². The lowest BCUT2D eigenvalue weighted by Crippen LogP contribution is -2.41. The molecule has 0 radical (unpaired) electrons. The van der Waals surface area contributed by atoms with Crippen molar-refractivity contribution in [1.29, 1.82) is 0 Å². The van der Waals surface area contributed by atoms with E-state index in [4.69, 9.17) is 32.5 Å². The van der Waals surface area contributed by atoms with Crippen molar-refractivity contribution < 1.29 is 18.1 Å². The first kappa shape index (κ1) is 22.5. The first-order valence-electron chi connectivity index (χ1n) is 9.29. The van der Waals surface area contributed by atoms with Crippen LogP contribution in [-0.4, -0.2) is 37.3 Å². The highest BCUT2D eigenvalue weighted by Gasteiger charge is 2.53. The largest absolute Gasteiger partial charge is 0.498 e. The predicted molar refractivity (Wildman–Crippen MR) is 114 cm³/mol. The zero-order chi connectivity index (χ0) is 21.7. The molecule has 0 aromatic heterocycles. The van der Waals surface area contributed by atoms with Gasteiger partial charge < -0.3 is 9.31 Å². The Morgan fingerprint density at radius 1 is 0.897 bits per heavy atom. The number of nitrogens with zero attached hydrogens (tertiary/aromatic N) is 1. The van der Waals surface area contributed by atoms with E-state index in [9.17, 15) is 4.39 Å². The minimum atomic E-state index is -0.932. The second-order valence-electron chi connectivity index (χ2n) is 8.55. The van der Waals surface area contributed by atoms with Crippen molar-refractivity contribution >= 4 is 35.8 Å². The van der Waals surface area contributed by atoms with Crippen LogP contribution in [0, 0.1) is 11.6 Å². The van der Waals surface area contributed by atoms with E-state index in [0.717, 1.165) is 0 Å². The van der Waals surface area contributed by atoms with Gasteiger partial charge in [-0.25, -0.2) is 8.78 Å². The van der Waals surface area contributed by atoms with Crippen LogP contribution < -0.4 is 5.46 Å². The Bertz CT molecular complexity index is 901. The van der Waals surface area contributed by atoms with E-state index in [-0.39, 0.29) is 15.5 Å². The van der Waals surface area contributed by atoms with Gasteiger partial charge in [-0.05, 0) is 83.2 Å². The fourth-order valence-corrected chi connectivity index (χ4v) is 3.97. The Kier molecular flexibility index (Phi) is 6.07. The topological polar surface area (TPSA) is 21.7 Å². The summed E-state index contributed by atoms with van der Waals surface area (Å²) in [5, 5.41) is 0.485. The second-order valence-corrected chi connectivity index (χ2v) is 9.42. The summed E-state index contributed by atoms with van der Waals surface area (Å²) in [5.41, 5.74) is 0.0554. The molecule has 0 aliphatic carbocycles. The molecule has 3 nitrogen and oxygen atoms in total. The zero-order valence-corrected chi connectivity index (χ0v) is 18.8. The molecular formula is C21H24BCl2F2NO2. The summed E-state index contributed by atoms with van der Waals surface area (Å²) < 4.78 is 41.5.